The van der Waals surface area contributed by atoms with Crippen LogP contribution in [0, 0.1) is 0 Å². The molecule has 0 radical (unpaired) electrons. The molecule has 1 saturated heterocycles. The van der Waals surface area contributed by atoms with Gasteiger partial charge in [-0.1, -0.05) is 44.7 Å². The number of esters is 1. The lowest BCUT2D eigenvalue weighted by Crippen LogP contribution is -2.19. The van der Waals surface area contributed by atoms with Crippen LogP contribution in [0.15, 0.2) is 52.7 Å². The number of hydrogen-bond acceptors (Lipinski definition) is 7. The van der Waals surface area contributed by atoms with Crippen molar-refractivity contribution in [3.8, 4) is 11.5 Å². The summed E-state index contributed by atoms with van der Waals surface area (Å²) in [5.41, 5.74) is 2.33. The van der Waals surface area contributed by atoms with Crippen molar-refractivity contribution in [2.45, 2.75) is 33.1 Å². The number of nitrogens with zero attached hydrogens (tertiary/aromatic N) is 2. The molecular formula is C23H25N3O4S. The third kappa shape index (κ3) is 6.18. The van der Waals surface area contributed by atoms with Crippen LogP contribution < -0.4 is 14.8 Å². The van der Waals surface area contributed by atoms with Crippen LogP contribution >= 0.6 is 11.8 Å². The fourth-order valence-corrected chi connectivity index (χ4v) is 3.38. The number of carbonyl (C=O) groups is 2. The molecule has 2 aromatic rings. The molecule has 3 rings (SSSR count). The summed E-state index contributed by atoms with van der Waals surface area (Å²) in [6, 6.07) is 12.5. The zero-order chi connectivity index (χ0) is 22.4. The van der Waals surface area contributed by atoms with Crippen LogP contribution in [0.5, 0.6) is 11.5 Å². The minimum Gasteiger partial charge on any atom is -0.490 e. The normalized spacial score (nSPS) is 15.4. The molecule has 162 valence electrons. The molecule has 0 unspecified atom stereocenters. The van der Waals surface area contributed by atoms with Crippen molar-refractivity contribution >= 4 is 35.0 Å². The Morgan fingerprint density at radius 3 is 2.52 bits per heavy atom. The van der Waals surface area contributed by atoms with Crippen LogP contribution in [-0.4, -0.2) is 35.6 Å². The van der Waals surface area contributed by atoms with E-state index in [1.54, 1.807) is 30.3 Å². The lowest BCUT2D eigenvalue weighted by Gasteiger charge is -2.19. The Bertz CT molecular complexity index is 1020. The van der Waals surface area contributed by atoms with Crippen molar-refractivity contribution in [2.24, 2.45) is 10.2 Å². The average molecular weight is 440 g/mol. The first-order valence-electron chi connectivity index (χ1n) is 9.89. The Hall–Kier alpha value is -3.13. The van der Waals surface area contributed by atoms with Gasteiger partial charge in [0.05, 0.1) is 24.1 Å². The van der Waals surface area contributed by atoms with Crippen LogP contribution in [0.2, 0.25) is 0 Å². The highest BCUT2D eigenvalue weighted by molar-refractivity contribution is 8.15. The van der Waals surface area contributed by atoms with Gasteiger partial charge in [0.1, 0.15) is 0 Å². The summed E-state index contributed by atoms with van der Waals surface area (Å²) in [7, 11) is 0. The molecule has 2 aromatic carbocycles. The quantitative estimate of drug-likeness (QED) is 0.316. The van der Waals surface area contributed by atoms with Crippen LogP contribution in [0.25, 0.3) is 0 Å². The van der Waals surface area contributed by atoms with Crippen LogP contribution in [-0.2, 0) is 10.2 Å². The fraction of sp³-hybridized carbons (Fsp3) is 0.304. The van der Waals surface area contributed by atoms with E-state index in [0.717, 1.165) is 11.1 Å². The maximum absolute atomic E-state index is 12.6. The standard InChI is InChI=1S/C23H25N3O4S/c1-5-29-19-12-15(13-24-26-22-25-20(27)14-31-22)6-11-18(19)30-21(28)16-7-9-17(10-8-16)23(2,3)4/h6-13H,5,14H2,1-4H3,(H,25,26,27). The van der Waals surface area contributed by atoms with Gasteiger partial charge in [-0.05, 0) is 53.8 Å². The van der Waals surface area contributed by atoms with E-state index in [0.29, 0.717) is 34.6 Å². The highest BCUT2D eigenvalue weighted by Gasteiger charge is 2.17. The molecule has 1 aliphatic heterocycles. The molecule has 0 bridgehead atoms. The summed E-state index contributed by atoms with van der Waals surface area (Å²) < 4.78 is 11.2. The summed E-state index contributed by atoms with van der Waals surface area (Å²) in [4.78, 5) is 23.8. The van der Waals surface area contributed by atoms with Crippen LogP contribution in [0.3, 0.4) is 0 Å². The Balaban J connectivity index is 1.73. The minimum absolute atomic E-state index is 0.00872. The first-order valence-corrected chi connectivity index (χ1v) is 10.9. The highest BCUT2D eigenvalue weighted by Crippen LogP contribution is 2.29. The van der Waals surface area contributed by atoms with Gasteiger partial charge in [0.25, 0.3) is 0 Å². The van der Waals surface area contributed by atoms with Gasteiger partial charge in [0, 0.05) is 0 Å². The zero-order valence-electron chi connectivity index (χ0n) is 18.0. The molecule has 0 spiro atoms. The highest BCUT2D eigenvalue weighted by atomic mass is 32.2. The number of rotatable bonds is 6. The number of nitrogens with one attached hydrogen (secondary N) is 1. The van der Waals surface area contributed by atoms with Gasteiger partial charge in [0.15, 0.2) is 16.7 Å². The minimum atomic E-state index is -0.455. The Morgan fingerprint density at radius 1 is 1.16 bits per heavy atom. The topological polar surface area (TPSA) is 89.3 Å². The van der Waals surface area contributed by atoms with Crippen LogP contribution in [0.4, 0.5) is 0 Å². The second kappa shape index (κ2) is 9.78. The molecular weight excluding hydrogens is 414 g/mol. The summed E-state index contributed by atoms with van der Waals surface area (Å²) in [6.45, 7) is 8.62. The molecule has 31 heavy (non-hydrogen) atoms. The number of amidine groups is 1. The third-order valence-electron chi connectivity index (χ3n) is 4.40. The SMILES string of the molecule is CCOc1cc(C=NN=C2NC(=O)CS2)ccc1OC(=O)c1ccc(C(C)(C)C)cc1. The maximum Gasteiger partial charge on any atom is 0.343 e. The van der Waals surface area contributed by atoms with Gasteiger partial charge in [0.2, 0.25) is 5.91 Å². The maximum atomic E-state index is 12.6. The molecule has 1 N–H and O–H groups in total. The first kappa shape index (κ1) is 22.6. The number of hydrogen-bond donors (Lipinski definition) is 1. The Labute approximate surface area is 185 Å². The fourth-order valence-electron chi connectivity index (χ4n) is 2.75. The van der Waals surface area contributed by atoms with Crippen LogP contribution in [0.1, 0.15) is 49.2 Å². The summed E-state index contributed by atoms with van der Waals surface area (Å²) >= 11 is 1.30. The summed E-state index contributed by atoms with van der Waals surface area (Å²) in [5, 5.41) is 11.0. The molecule has 8 heteroatoms. The van der Waals surface area contributed by atoms with Crippen molar-refractivity contribution in [3.05, 3.63) is 59.2 Å². The Kier molecular flexibility index (Phi) is 7.12. The van der Waals surface area contributed by atoms with E-state index in [2.05, 4.69) is 36.3 Å². The number of carbonyl (C=O) groups excluding carboxylic acids is 2. The van der Waals surface area contributed by atoms with Gasteiger partial charge in [-0.3, -0.25) is 4.79 Å². The van der Waals surface area contributed by atoms with Crippen molar-refractivity contribution in [1.29, 1.82) is 0 Å². The molecule has 1 fully saturated rings. The largest absolute Gasteiger partial charge is 0.490 e. The summed E-state index contributed by atoms with van der Waals surface area (Å²) in [6.07, 6.45) is 1.54. The second-order valence-electron chi connectivity index (χ2n) is 7.84. The van der Waals surface area contributed by atoms with Crippen molar-refractivity contribution in [3.63, 3.8) is 0 Å². The average Bonchev–Trinajstić information content (AvgIpc) is 3.14. The molecule has 0 saturated carbocycles. The van der Waals surface area contributed by atoms with Gasteiger partial charge in [-0.25, -0.2) is 4.79 Å². The third-order valence-corrected chi connectivity index (χ3v) is 5.26. The van der Waals surface area contributed by atoms with E-state index in [4.69, 9.17) is 9.47 Å². The van der Waals surface area contributed by atoms with Crippen molar-refractivity contribution in [2.75, 3.05) is 12.4 Å². The predicted molar refractivity (Wildman–Crippen MR) is 123 cm³/mol. The number of amides is 1. The van der Waals surface area contributed by atoms with Gasteiger partial charge in [-0.15, -0.1) is 5.10 Å². The van der Waals surface area contributed by atoms with Crippen molar-refractivity contribution < 1.29 is 19.1 Å². The van der Waals surface area contributed by atoms with Gasteiger partial charge < -0.3 is 14.8 Å². The van der Waals surface area contributed by atoms with E-state index in [1.165, 1.54) is 18.0 Å². The lowest BCUT2D eigenvalue weighted by molar-refractivity contribution is -0.116. The predicted octanol–water partition coefficient (Wildman–Crippen LogP) is 4.15. The molecule has 0 atom stereocenters. The van der Waals surface area contributed by atoms with E-state index < -0.39 is 5.97 Å². The molecule has 7 nitrogen and oxygen atoms in total. The first-order chi connectivity index (χ1) is 14.8. The molecule has 1 heterocycles. The second-order valence-corrected chi connectivity index (χ2v) is 8.81. The van der Waals surface area contributed by atoms with Crippen molar-refractivity contribution in [1.82, 2.24) is 5.32 Å². The molecule has 1 amide bonds. The molecule has 1 aliphatic rings. The van der Waals surface area contributed by atoms with E-state index in [-0.39, 0.29) is 11.3 Å². The number of benzene rings is 2. The lowest BCUT2D eigenvalue weighted by atomic mass is 9.87. The molecule has 0 aliphatic carbocycles. The van der Waals surface area contributed by atoms with Gasteiger partial charge >= 0.3 is 5.97 Å². The van der Waals surface area contributed by atoms with E-state index >= 15 is 0 Å². The van der Waals surface area contributed by atoms with E-state index in [1.807, 2.05) is 19.1 Å². The summed E-state index contributed by atoms with van der Waals surface area (Å²) in [5.74, 6) is 0.568. The molecule has 0 aromatic heterocycles. The smallest absolute Gasteiger partial charge is 0.343 e. The number of thioether (sulfide) groups is 1. The zero-order valence-corrected chi connectivity index (χ0v) is 18.8. The van der Waals surface area contributed by atoms with Gasteiger partial charge in [-0.2, -0.15) is 5.10 Å². The monoisotopic (exact) mass is 439 g/mol. The van der Waals surface area contributed by atoms with E-state index in [9.17, 15) is 9.59 Å². The number of ether oxygens (including phenoxy) is 2. The Morgan fingerprint density at radius 2 is 1.90 bits per heavy atom.